The zero-order valence-corrected chi connectivity index (χ0v) is 16.7. The molecule has 0 bridgehead atoms. The maximum Gasteiger partial charge on any atom is 0.263 e. The average molecular weight is 413 g/mol. The summed E-state index contributed by atoms with van der Waals surface area (Å²) >= 11 is 0. The molecule has 2 aromatic rings. The van der Waals surface area contributed by atoms with Crippen molar-refractivity contribution >= 4 is 34.6 Å². The van der Waals surface area contributed by atoms with Crippen molar-refractivity contribution in [3.8, 4) is 12.3 Å². The lowest BCUT2D eigenvalue weighted by molar-refractivity contribution is -0.136. The quantitative estimate of drug-likeness (QED) is 0.493. The van der Waals surface area contributed by atoms with Crippen molar-refractivity contribution in [3.63, 3.8) is 0 Å². The van der Waals surface area contributed by atoms with Crippen LogP contribution >= 0.6 is 0 Å². The van der Waals surface area contributed by atoms with Gasteiger partial charge in [-0.1, -0.05) is 11.1 Å². The Hall–Kier alpha value is -3.68. The maximum atomic E-state index is 12.6. The van der Waals surface area contributed by atoms with E-state index in [1.54, 1.807) is 6.92 Å². The van der Waals surface area contributed by atoms with Crippen LogP contribution in [-0.4, -0.2) is 77.0 Å². The molecule has 1 saturated heterocycles. The summed E-state index contributed by atoms with van der Waals surface area (Å²) in [4.78, 5) is 48.5. The lowest BCUT2D eigenvalue weighted by Gasteiger charge is -2.30. The summed E-state index contributed by atoms with van der Waals surface area (Å²) in [5.74, 6) is 1.92. The summed E-state index contributed by atoms with van der Waals surface area (Å²) in [6.45, 7) is 3.75. The highest BCUT2D eigenvalue weighted by Crippen LogP contribution is 2.25. The van der Waals surface area contributed by atoms with Crippen LogP contribution in [0.1, 0.15) is 18.5 Å². The first kappa shape index (κ1) is 21.0. The molecule has 11 nitrogen and oxygen atoms in total. The fourth-order valence-corrected chi connectivity index (χ4v) is 3.19. The molecule has 0 spiro atoms. The summed E-state index contributed by atoms with van der Waals surface area (Å²) in [6, 6.07) is 0. The summed E-state index contributed by atoms with van der Waals surface area (Å²) in [7, 11) is 0. The monoisotopic (exact) mass is 413 g/mol. The van der Waals surface area contributed by atoms with Gasteiger partial charge in [0, 0.05) is 39.1 Å². The fraction of sp³-hybridized carbons (Fsp3) is 0.474. The van der Waals surface area contributed by atoms with Gasteiger partial charge in [-0.15, -0.1) is 6.42 Å². The number of anilines is 1. The number of carbonyl (C=O) groups excluding carboxylic acids is 3. The molecule has 0 aromatic carbocycles. The third-order valence-corrected chi connectivity index (χ3v) is 4.73. The van der Waals surface area contributed by atoms with Gasteiger partial charge in [-0.3, -0.25) is 14.4 Å². The highest BCUT2D eigenvalue weighted by atomic mass is 16.5. The second-order valence-corrected chi connectivity index (χ2v) is 6.77. The number of hydrogen-bond acceptors (Lipinski definition) is 8. The molecule has 11 heteroatoms. The Labute approximate surface area is 173 Å². The van der Waals surface area contributed by atoms with Gasteiger partial charge < -0.3 is 25.0 Å². The molecule has 0 unspecified atom stereocenters. The Bertz CT molecular complexity index is 981. The minimum absolute atomic E-state index is 0.0596. The number of amides is 3. The van der Waals surface area contributed by atoms with E-state index in [1.165, 1.54) is 11.2 Å². The topological polar surface area (TPSA) is 134 Å². The van der Waals surface area contributed by atoms with Crippen LogP contribution in [0.25, 0.3) is 11.1 Å². The van der Waals surface area contributed by atoms with E-state index < -0.39 is 5.91 Å². The van der Waals surface area contributed by atoms with Crippen LogP contribution in [0.2, 0.25) is 0 Å². The summed E-state index contributed by atoms with van der Waals surface area (Å²) < 4.78 is 5.21. The smallest absolute Gasteiger partial charge is 0.263 e. The molecule has 0 aliphatic carbocycles. The third kappa shape index (κ3) is 5.02. The van der Waals surface area contributed by atoms with Crippen molar-refractivity contribution in [2.75, 3.05) is 44.2 Å². The van der Waals surface area contributed by atoms with Crippen molar-refractivity contribution < 1.29 is 18.9 Å². The first-order valence-corrected chi connectivity index (χ1v) is 9.56. The van der Waals surface area contributed by atoms with Gasteiger partial charge in [-0.25, -0.2) is 4.98 Å². The lowest BCUT2D eigenvalue weighted by atomic mass is 10.2. The Morgan fingerprint density at radius 3 is 2.93 bits per heavy atom. The molecule has 3 rings (SSSR count). The number of nitrogens with zero attached hydrogens (tertiary/aromatic N) is 5. The van der Waals surface area contributed by atoms with Gasteiger partial charge in [-0.2, -0.15) is 4.98 Å². The van der Waals surface area contributed by atoms with E-state index in [1.807, 2.05) is 4.90 Å². The van der Waals surface area contributed by atoms with Gasteiger partial charge in [0.25, 0.3) is 5.71 Å². The zero-order chi connectivity index (χ0) is 21.5. The van der Waals surface area contributed by atoms with E-state index in [2.05, 4.69) is 31.7 Å². The van der Waals surface area contributed by atoms with Gasteiger partial charge >= 0.3 is 0 Å². The highest BCUT2D eigenvalue weighted by molar-refractivity contribution is 5.97. The molecule has 1 aliphatic heterocycles. The van der Waals surface area contributed by atoms with Crippen LogP contribution in [0.3, 0.4) is 0 Å². The number of aryl methyl sites for hydroxylation is 1. The number of terminal acetylenes is 1. The molecular weight excluding hydrogens is 390 g/mol. The van der Waals surface area contributed by atoms with Crippen LogP contribution in [0.4, 0.5) is 5.82 Å². The predicted molar refractivity (Wildman–Crippen MR) is 107 cm³/mol. The second kappa shape index (κ2) is 9.69. The zero-order valence-electron chi connectivity index (χ0n) is 16.7. The largest absolute Gasteiger partial charge is 0.354 e. The number of nitrogens with one attached hydrogen (secondary N) is 2. The molecule has 0 saturated carbocycles. The van der Waals surface area contributed by atoms with Crippen molar-refractivity contribution in [3.05, 3.63) is 12.0 Å². The summed E-state index contributed by atoms with van der Waals surface area (Å²) in [6.07, 6.45) is 6.34. The van der Waals surface area contributed by atoms with E-state index in [0.29, 0.717) is 48.8 Å². The molecule has 2 N–H and O–H groups in total. The van der Waals surface area contributed by atoms with Gasteiger partial charge in [-0.05, 0) is 6.92 Å². The third-order valence-electron chi connectivity index (χ3n) is 4.73. The maximum absolute atomic E-state index is 12.6. The van der Waals surface area contributed by atoms with Gasteiger partial charge in [0.1, 0.15) is 24.0 Å². The molecule has 1 aliphatic rings. The van der Waals surface area contributed by atoms with E-state index in [0.717, 1.165) is 0 Å². The molecule has 3 heterocycles. The van der Waals surface area contributed by atoms with Crippen LogP contribution in [-0.2, 0) is 14.4 Å². The van der Waals surface area contributed by atoms with E-state index >= 15 is 0 Å². The normalized spacial score (nSPS) is 15.4. The second-order valence-electron chi connectivity index (χ2n) is 6.77. The SMILES string of the molecule is C#CCNC(=O)CC(=O)N1CCC(=O)NCCN(c2ncnc3onc(C)c23)CC1. The van der Waals surface area contributed by atoms with Crippen molar-refractivity contribution in [1.82, 2.24) is 30.7 Å². The first-order valence-electron chi connectivity index (χ1n) is 9.56. The van der Waals surface area contributed by atoms with Crippen molar-refractivity contribution in [2.24, 2.45) is 0 Å². The molecule has 0 atom stereocenters. The lowest BCUT2D eigenvalue weighted by Crippen LogP contribution is -2.46. The van der Waals surface area contributed by atoms with Crippen molar-refractivity contribution in [1.29, 1.82) is 0 Å². The van der Waals surface area contributed by atoms with Crippen LogP contribution in [0.5, 0.6) is 0 Å². The molecule has 3 amide bonds. The average Bonchev–Trinajstić information content (AvgIpc) is 3.12. The van der Waals surface area contributed by atoms with Gasteiger partial charge in [0.15, 0.2) is 0 Å². The molecule has 0 radical (unpaired) electrons. The number of rotatable bonds is 4. The van der Waals surface area contributed by atoms with Crippen LogP contribution < -0.4 is 15.5 Å². The molecule has 2 aromatic heterocycles. The predicted octanol–water partition coefficient (Wildman–Crippen LogP) is -0.779. The number of fused-ring (bicyclic) bond motifs is 1. The number of hydrogen-bond donors (Lipinski definition) is 2. The Morgan fingerprint density at radius 2 is 2.13 bits per heavy atom. The summed E-state index contributed by atoms with van der Waals surface area (Å²) in [5, 5.41) is 9.94. The minimum Gasteiger partial charge on any atom is -0.354 e. The Balaban J connectivity index is 1.78. The van der Waals surface area contributed by atoms with E-state index in [-0.39, 0.29) is 37.7 Å². The highest BCUT2D eigenvalue weighted by Gasteiger charge is 2.23. The Morgan fingerprint density at radius 1 is 1.30 bits per heavy atom. The number of aromatic nitrogens is 3. The number of carbonyl (C=O) groups is 3. The minimum atomic E-state index is -0.450. The first-order chi connectivity index (χ1) is 14.5. The fourth-order valence-electron chi connectivity index (χ4n) is 3.19. The summed E-state index contributed by atoms with van der Waals surface area (Å²) in [5.41, 5.74) is 1.02. The Kier molecular flexibility index (Phi) is 6.79. The standard InChI is InChI=1S/C19H23N7O4/c1-3-5-20-15(28)11-16(29)25-7-4-14(27)21-6-8-26(10-9-25)18-17-13(2)24-30-19(17)23-12-22-18/h1,12H,4-11H2,2H3,(H,20,28)(H,21,27). The van der Waals surface area contributed by atoms with E-state index in [9.17, 15) is 14.4 Å². The molecule has 1 fully saturated rings. The van der Waals surface area contributed by atoms with Gasteiger partial charge in [0.2, 0.25) is 17.7 Å². The van der Waals surface area contributed by atoms with Gasteiger partial charge in [0.05, 0.1) is 12.2 Å². The van der Waals surface area contributed by atoms with Crippen LogP contribution in [0.15, 0.2) is 10.9 Å². The van der Waals surface area contributed by atoms with E-state index in [4.69, 9.17) is 10.9 Å². The molecule has 158 valence electrons. The van der Waals surface area contributed by atoms with Crippen molar-refractivity contribution in [2.45, 2.75) is 19.8 Å². The van der Waals surface area contributed by atoms with Crippen LogP contribution in [0, 0.1) is 19.3 Å². The molecule has 30 heavy (non-hydrogen) atoms. The molecular formula is C19H23N7O4.